The highest BCUT2D eigenvalue weighted by Gasteiger charge is 2.02. The molecule has 0 saturated heterocycles. The van der Waals surface area contributed by atoms with E-state index in [2.05, 4.69) is 25.7 Å². The van der Waals surface area contributed by atoms with Crippen molar-refractivity contribution in [3.05, 3.63) is 31.0 Å². The third-order valence-corrected chi connectivity index (χ3v) is 2.22. The summed E-state index contributed by atoms with van der Waals surface area (Å²) in [7, 11) is 0. The quantitative estimate of drug-likeness (QED) is 0.787. The molecule has 0 unspecified atom stereocenters. The van der Waals surface area contributed by atoms with Gasteiger partial charge >= 0.3 is 0 Å². The second-order valence-electron chi connectivity index (χ2n) is 3.57. The predicted octanol–water partition coefficient (Wildman–Crippen LogP) is 0.210. The van der Waals surface area contributed by atoms with Crippen molar-refractivity contribution in [3.8, 4) is 5.82 Å². The molecule has 2 aromatic heterocycles. The Labute approximate surface area is 104 Å². The number of nitrogens with one attached hydrogen (secondary N) is 2. The summed E-state index contributed by atoms with van der Waals surface area (Å²) in [6, 6.07) is 3.53. The zero-order valence-corrected chi connectivity index (χ0v) is 10.00. The molecule has 0 saturated carbocycles. The third kappa shape index (κ3) is 3.11. The van der Waals surface area contributed by atoms with Crippen molar-refractivity contribution < 1.29 is 4.79 Å². The highest BCUT2D eigenvalue weighted by Crippen LogP contribution is 2.08. The Hall–Kier alpha value is -2.28. The van der Waals surface area contributed by atoms with Crippen molar-refractivity contribution in [1.82, 2.24) is 25.1 Å². The lowest BCUT2D eigenvalue weighted by atomic mass is 10.4. The first-order valence-electron chi connectivity index (χ1n) is 5.61. The van der Waals surface area contributed by atoms with Crippen LogP contribution in [0.25, 0.3) is 5.82 Å². The van der Waals surface area contributed by atoms with Crippen LogP contribution in [0.4, 0.5) is 5.69 Å². The number of hydrogen-bond acceptors (Lipinski definition) is 5. The molecule has 0 aliphatic heterocycles. The zero-order chi connectivity index (χ0) is 12.8. The fraction of sp³-hybridized carbons (Fsp3) is 0.273. The van der Waals surface area contributed by atoms with Gasteiger partial charge in [0.15, 0.2) is 5.82 Å². The number of rotatable bonds is 5. The van der Waals surface area contributed by atoms with Gasteiger partial charge in [-0.3, -0.25) is 4.79 Å². The molecule has 0 radical (unpaired) electrons. The number of carbonyl (C=O) groups excluding carboxylic acids is 1. The second-order valence-corrected chi connectivity index (χ2v) is 3.57. The van der Waals surface area contributed by atoms with E-state index in [1.54, 1.807) is 29.3 Å². The first-order valence-corrected chi connectivity index (χ1v) is 5.61. The summed E-state index contributed by atoms with van der Waals surface area (Å²) in [4.78, 5) is 19.5. The van der Waals surface area contributed by atoms with E-state index in [9.17, 15) is 4.79 Å². The van der Waals surface area contributed by atoms with Gasteiger partial charge in [0.1, 0.15) is 12.7 Å². The van der Waals surface area contributed by atoms with Crippen molar-refractivity contribution in [2.45, 2.75) is 6.92 Å². The van der Waals surface area contributed by atoms with Gasteiger partial charge in [-0.15, -0.1) is 0 Å². The lowest BCUT2D eigenvalue weighted by Gasteiger charge is -2.06. The molecule has 0 aromatic carbocycles. The molecular formula is C11H14N6O. The van der Waals surface area contributed by atoms with Crippen molar-refractivity contribution >= 4 is 11.6 Å². The van der Waals surface area contributed by atoms with E-state index in [-0.39, 0.29) is 5.91 Å². The molecule has 2 aromatic rings. The van der Waals surface area contributed by atoms with E-state index in [4.69, 9.17) is 0 Å². The van der Waals surface area contributed by atoms with Crippen LogP contribution in [0.1, 0.15) is 6.92 Å². The van der Waals surface area contributed by atoms with Gasteiger partial charge in [-0.05, 0) is 18.7 Å². The minimum absolute atomic E-state index is 0.0906. The molecule has 0 atom stereocenters. The van der Waals surface area contributed by atoms with Gasteiger partial charge in [0.25, 0.3) is 0 Å². The summed E-state index contributed by atoms with van der Waals surface area (Å²) in [6.45, 7) is 3.00. The summed E-state index contributed by atoms with van der Waals surface area (Å²) in [5.74, 6) is 0.560. The van der Waals surface area contributed by atoms with Gasteiger partial charge in [0, 0.05) is 0 Å². The highest BCUT2D eigenvalue weighted by molar-refractivity contribution is 5.92. The van der Waals surface area contributed by atoms with Gasteiger partial charge in [-0.2, -0.15) is 5.10 Å². The normalized spacial score (nSPS) is 10.3. The smallest absolute Gasteiger partial charge is 0.238 e. The Morgan fingerprint density at radius 3 is 2.94 bits per heavy atom. The predicted molar refractivity (Wildman–Crippen MR) is 66.3 cm³/mol. The second kappa shape index (κ2) is 5.87. The largest absolute Gasteiger partial charge is 0.324 e. The van der Waals surface area contributed by atoms with Crippen molar-refractivity contribution in [2.75, 3.05) is 18.4 Å². The van der Waals surface area contributed by atoms with Crippen LogP contribution in [0.2, 0.25) is 0 Å². The van der Waals surface area contributed by atoms with E-state index < -0.39 is 0 Å². The van der Waals surface area contributed by atoms with Gasteiger partial charge < -0.3 is 10.6 Å². The molecule has 2 N–H and O–H groups in total. The van der Waals surface area contributed by atoms with Gasteiger partial charge in [0.2, 0.25) is 5.91 Å². The van der Waals surface area contributed by atoms with Gasteiger partial charge in [-0.1, -0.05) is 6.92 Å². The Balaban J connectivity index is 1.98. The summed E-state index contributed by atoms with van der Waals surface area (Å²) >= 11 is 0. The van der Waals surface area contributed by atoms with Crippen LogP contribution in [0, 0.1) is 0 Å². The molecule has 2 rings (SSSR count). The van der Waals surface area contributed by atoms with E-state index in [0.717, 1.165) is 6.54 Å². The molecule has 94 valence electrons. The van der Waals surface area contributed by atoms with Crippen LogP contribution in [0.3, 0.4) is 0 Å². The Morgan fingerprint density at radius 1 is 1.44 bits per heavy atom. The number of aromatic nitrogens is 4. The Kier molecular flexibility index (Phi) is 3.98. The van der Waals surface area contributed by atoms with Gasteiger partial charge in [-0.25, -0.2) is 14.6 Å². The molecule has 0 fully saturated rings. The maximum absolute atomic E-state index is 11.5. The average Bonchev–Trinajstić information content (AvgIpc) is 2.91. The van der Waals surface area contributed by atoms with E-state index in [1.807, 2.05) is 6.92 Å². The fourth-order valence-electron chi connectivity index (χ4n) is 1.37. The molecule has 18 heavy (non-hydrogen) atoms. The number of anilines is 1. The van der Waals surface area contributed by atoms with Gasteiger partial charge in [0.05, 0.1) is 18.4 Å². The van der Waals surface area contributed by atoms with Crippen LogP contribution in [-0.4, -0.2) is 38.7 Å². The molecule has 0 bridgehead atoms. The molecule has 0 aliphatic carbocycles. The topological polar surface area (TPSA) is 84.7 Å². The monoisotopic (exact) mass is 246 g/mol. The van der Waals surface area contributed by atoms with Crippen LogP contribution in [0.15, 0.2) is 31.0 Å². The molecular weight excluding hydrogens is 232 g/mol. The number of amides is 1. The van der Waals surface area contributed by atoms with Crippen molar-refractivity contribution in [2.24, 2.45) is 0 Å². The molecule has 7 nitrogen and oxygen atoms in total. The number of hydrogen-bond donors (Lipinski definition) is 2. The maximum Gasteiger partial charge on any atom is 0.238 e. The summed E-state index contributed by atoms with van der Waals surface area (Å²) in [5.41, 5.74) is 0.654. The Morgan fingerprint density at radius 2 is 2.33 bits per heavy atom. The maximum atomic E-state index is 11.5. The highest BCUT2D eigenvalue weighted by atomic mass is 16.1. The number of carbonyl (C=O) groups is 1. The first-order chi connectivity index (χ1) is 8.79. The minimum Gasteiger partial charge on any atom is -0.324 e. The molecule has 1 amide bonds. The summed E-state index contributed by atoms with van der Waals surface area (Å²) in [6.07, 6.45) is 4.58. The summed E-state index contributed by atoms with van der Waals surface area (Å²) < 4.78 is 1.55. The number of pyridine rings is 1. The van der Waals surface area contributed by atoms with Crippen LogP contribution in [-0.2, 0) is 4.79 Å². The third-order valence-electron chi connectivity index (χ3n) is 2.22. The number of likely N-dealkylation sites (N-methyl/N-ethyl adjacent to an activating group) is 1. The lowest BCUT2D eigenvalue weighted by molar-refractivity contribution is -0.115. The molecule has 7 heteroatoms. The lowest BCUT2D eigenvalue weighted by Crippen LogP contribution is -2.27. The average molecular weight is 246 g/mol. The number of nitrogens with zero attached hydrogens (tertiary/aromatic N) is 4. The van der Waals surface area contributed by atoms with Crippen LogP contribution >= 0.6 is 0 Å². The fourth-order valence-corrected chi connectivity index (χ4v) is 1.37. The van der Waals surface area contributed by atoms with E-state index in [1.165, 1.54) is 6.33 Å². The van der Waals surface area contributed by atoms with E-state index >= 15 is 0 Å². The van der Waals surface area contributed by atoms with E-state index in [0.29, 0.717) is 18.1 Å². The standard InChI is InChI=1S/C11H14N6O/c1-2-12-6-11(18)16-9-3-4-10(14-5-9)17-8-13-7-15-17/h3-5,7-8,12H,2,6H2,1H3,(H,16,18). The minimum atomic E-state index is -0.0906. The molecule has 2 heterocycles. The summed E-state index contributed by atoms with van der Waals surface area (Å²) in [5, 5.41) is 9.65. The molecule has 0 aliphatic rings. The van der Waals surface area contributed by atoms with Crippen LogP contribution < -0.4 is 10.6 Å². The first kappa shape index (κ1) is 12.2. The van der Waals surface area contributed by atoms with Crippen molar-refractivity contribution in [3.63, 3.8) is 0 Å². The Bertz CT molecular complexity index is 493. The SMILES string of the molecule is CCNCC(=O)Nc1ccc(-n2cncn2)nc1. The van der Waals surface area contributed by atoms with Crippen molar-refractivity contribution in [1.29, 1.82) is 0 Å². The zero-order valence-electron chi connectivity index (χ0n) is 10.00. The molecule has 0 spiro atoms. The van der Waals surface area contributed by atoms with Crippen LogP contribution in [0.5, 0.6) is 0 Å².